The zero-order chi connectivity index (χ0) is 9.90. The predicted molar refractivity (Wildman–Crippen MR) is 59.5 cm³/mol. The van der Waals surface area contributed by atoms with E-state index in [1.807, 2.05) is 0 Å². The van der Waals surface area contributed by atoms with Gasteiger partial charge in [-0.1, -0.05) is 0 Å². The van der Waals surface area contributed by atoms with E-state index in [0.717, 1.165) is 19.3 Å². The minimum absolute atomic E-state index is 0.463. The fraction of sp³-hybridized carbons (Fsp3) is 0.727. The van der Waals surface area contributed by atoms with Gasteiger partial charge >= 0.3 is 85.5 Å². The molecule has 0 radical (unpaired) electrons. The van der Waals surface area contributed by atoms with Crippen LogP contribution in [0.2, 0.25) is 14.8 Å². The number of Topliss-reactive ketones (excluding diaryl/α,β-unsaturated/α-hetero) is 1. The summed E-state index contributed by atoms with van der Waals surface area (Å²) < 4.78 is 2.44. The van der Waals surface area contributed by atoms with Gasteiger partial charge in [0.15, 0.2) is 0 Å². The quantitative estimate of drug-likeness (QED) is 0.713. The van der Waals surface area contributed by atoms with Crippen molar-refractivity contribution < 1.29 is 4.79 Å². The predicted octanol–water partition coefficient (Wildman–Crippen LogP) is 3.18. The van der Waals surface area contributed by atoms with Crippen molar-refractivity contribution in [3.05, 3.63) is 10.2 Å². The van der Waals surface area contributed by atoms with Crippen LogP contribution in [-0.4, -0.2) is 24.2 Å². The molecular weight excluding hydrogens is 267 g/mol. The maximum atomic E-state index is 11.2. The Bertz CT molecular complexity index is 213. The fourth-order valence-corrected chi connectivity index (χ4v) is 4.07. The van der Waals surface area contributed by atoms with Gasteiger partial charge in [-0.15, -0.1) is 0 Å². The molecule has 1 rings (SSSR count). The minimum atomic E-state index is -1.72. The van der Waals surface area contributed by atoms with Crippen LogP contribution in [0.4, 0.5) is 0 Å². The van der Waals surface area contributed by atoms with E-state index in [9.17, 15) is 4.79 Å². The first-order valence-electron chi connectivity index (χ1n) is 5.18. The van der Waals surface area contributed by atoms with Crippen LogP contribution >= 0.6 is 0 Å². The molecule has 1 aliphatic carbocycles. The molecular formula is C11H20OSn. The van der Waals surface area contributed by atoms with Gasteiger partial charge in [0.2, 0.25) is 0 Å². The Balaban J connectivity index is 2.44. The van der Waals surface area contributed by atoms with Gasteiger partial charge in [0.1, 0.15) is 0 Å². The SMILES string of the molecule is [CH3][Sn]([CH3])([CH3])/[CH]=C\C1CCCC(=O)C1. The van der Waals surface area contributed by atoms with Gasteiger partial charge in [0.25, 0.3) is 0 Å². The Hall–Kier alpha value is 0.209. The van der Waals surface area contributed by atoms with Gasteiger partial charge in [0, 0.05) is 0 Å². The van der Waals surface area contributed by atoms with E-state index < -0.39 is 18.4 Å². The average molecular weight is 287 g/mol. The fourth-order valence-electron chi connectivity index (χ4n) is 1.65. The molecule has 0 heterocycles. The van der Waals surface area contributed by atoms with E-state index in [-0.39, 0.29) is 0 Å². The molecule has 13 heavy (non-hydrogen) atoms. The molecule has 1 aliphatic rings. The second-order valence-electron chi connectivity index (χ2n) is 5.12. The molecule has 1 atom stereocenters. The summed E-state index contributed by atoms with van der Waals surface area (Å²) in [5.74, 6) is 1.03. The van der Waals surface area contributed by atoms with Crippen molar-refractivity contribution in [3.8, 4) is 0 Å². The first-order chi connectivity index (χ1) is 5.97. The second kappa shape index (κ2) is 4.63. The Kier molecular flexibility index (Phi) is 4.02. The molecule has 74 valence electrons. The Morgan fingerprint density at radius 1 is 1.38 bits per heavy atom. The molecule has 1 nitrogen and oxygen atoms in total. The van der Waals surface area contributed by atoms with Crippen molar-refractivity contribution in [1.29, 1.82) is 0 Å². The van der Waals surface area contributed by atoms with Crippen LogP contribution in [0.1, 0.15) is 25.7 Å². The molecule has 0 N–H and O–H groups in total. The third-order valence-electron chi connectivity index (χ3n) is 2.39. The van der Waals surface area contributed by atoms with Gasteiger partial charge in [0.05, 0.1) is 0 Å². The zero-order valence-electron chi connectivity index (χ0n) is 8.97. The van der Waals surface area contributed by atoms with Gasteiger partial charge < -0.3 is 0 Å². The van der Waals surface area contributed by atoms with Crippen molar-refractivity contribution in [3.63, 3.8) is 0 Å². The van der Waals surface area contributed by atoms with Crippen LogP contribution in [0.5, 0.6) is 0 Å². The van der Waals surface area contributed by atoms with Crippen molar-refractivity contribution >= 4 is 24.2 Å². The van der Waals surface area contributed by atoms with Crippen LogP contribution < -0.4 is 0 Å². The molecule has 0 amide bonds. The van der Waals surface area contributed by atoms with Crippen LogP contribution in [-0.2, 0) is 4.79 Å². The van der Waals surface area contributed by atoms with Crippen molar-refractivity contribution in [2.45, 2.75) is 40.5 Å². The Morgan fingerprint density at radius 2 is 2.08 bits per heavy atom. The molecule has 0 aromatic rings. The summed E-state index contributed by atoms with van der Waals surface area (Å²) in [6, 6.07) is 0. The van der Waals surface area contributed by atoms with Crippen LogP contribution in [0.15, 0.2) is 10.2 Å². The summed E-state index contributed by atoms with van der Waals surface area (Å²) in [5, 5.41) is 0. The maximum absolute atomic E-state index is 11.2. The van der Waals surface area contributed by atoms with Gasteiger partial charge in [-0.05, 0) is 0 Å². The number of hydrogen-bond acceptors (Lipinski definition) is 1. The summed E-state index contributed by atoms with van der Waals surface area (Å²) in [4.78, 5) is 18.4. The second-order valence-corrected chi connectivity index (χ2v) is 19.6. The van der Waals surface area contributed by atoms with Crippen molar-refractivity contribution in [2.24, 2.45) is 5.92 Å². The number of carbonyl (C=O) groups is 1. The molecule has 0 bridgehead atoms. The summed E-state index contributed by atoms with van der Waals surface area (Å²) >= 11 is -1.72. The standard InChI is InChI=1S/C8H11O.3CH3.Sn/c1-2-7-4-3-5-8(9)6-7;;;;/h1-2,7H,3-6H2;3*1H3;. The molecule has 0 aromatic heterocycles. The summed E-state index contributed by atoms with van der Waals surface area (Å²) in [6.07, 6.45) is 6.28. The molecule has 1 saturated carbocycles. The number of carbonyl (C=O) groups excluding carboxylic acids is 1. The number of rotatable bonds is 2. The molecule has 1 unspecified atom stereocenters. The molecule has 2 heteroatoms. The number of ketones is 1. The van der Waals surface area contributed by atoms with E-state index in [2.05, 4.69) is 25.0 Å². The topological polar surface area (TPSA) is 17.1 Å². The van der Waals surface area contributed by atoms with E-state index in [1.165, 1.54) is 6.42 Å². The summed E-state index contributed by atoms with van der Waals surface area (Å²) in [5.41, 5.74) is 0. The van der Waals surface area contributed by atoms with Crippen molar-refractivity contribution in [2.75, 3.05) is 0 Å². The third kappa shape index (κ3) is 4.84. The Morgan fingerprint density at radius 3 is 2.62 bits per heavy atom. The zero-order valence-corrected chi connectivity index (χ0v) is 11.8. The first kappa shape index (κ1) is 11.3. The van der Waals surface area contributed by atoms with E-state index in [4.69, 9.17) is 0 Å². The summed E-state index contributed by atoms with van der Waals surface area (Å²) in [6.45, 7) is 0. The van der Waals surface area contributed by atoms with Crippen molar-refractivity contribution in [1.82, 2.24) is 0 Å². The third-order valence-corrected chi connectivity index (χ3v) is 5.79. The molecule has 0 aliphatic heterocycles. The molecule has 0 aromatic carbocycles. The number of allylic oxidation sites excluding steroid dienone is 1. The van der Waals surface area contributed by atoms with Gasteiger partial charge in [-0.25, -0.2) is 0 Å². The van der Waals surface area contributed by atoms with Crippen LogP contribution in [0.25, 0.3) is 0 Å². The Labute approximate surface area is 85.5 Å². The van der Waals surface area contributed by atoms with E-state index in [1.54, 1.807) is 0 Å². The number of hydrogen-bond donors (Lipinski definition) is 0. The molecule has 0 spiro atoms. The van der Waals surface area contributed by atoms with Crippen LogP contribution in [0.3, 0.4) is 0 Å². The van der Waals surface area contributed by atoms with Gasteiger partial charge in [-0.3, -0.25) is 0 Å². The average Bonchev–Trinajstić information content (AvgIpc) is 2.00. The van der Waals surface area contributed by atoms with E-state index >= 15 is 0 Å². The van der Waals surface area contributed by atoms with E-state index in [0.29, 0.717) is 11.7 Å². The van der Waals surface area contributed by atoms with Gasteiger partial charge in [-0.2, -0.15) is 0 Å². The normalized spacial score (nSPS) is 25.5. The monoisotopic (exact) mass is 288 g/mol. The summed E-state index contributed by atoms with van der Waals surface area (Å²) in [7, 11) is 0. The van der Waals surface area contributed by atoms with Crippen LogP contribution in [0, 0.1) is 5.92 Å². The molecule has 0 saturated heterocycles. The molecule has 1 fully saturated rings. The first-order valence-corrected chi connectivity index (χ1v) is 15.4.